The third-order valence-electron chi connectivity index (χ3n) is 5.19. The number of para-hydroxylation sites is 2. The van der Waals surface area contributed by atoms with Crippen LogP contribution in [-0.2, 0) is 16.6 Å². The van der Waals surface area contributed by atoms with Gasteiger partial charge >= 0.3 is 0 Å². The number of imidazole rings is 1. The molecule has 0 aliphatic carbocycles. The predicted molar refractivity (Wildman–Crippen MR) is 114 cm³/mol. The SMILES string of the molecule is N#C[C@@H](C1=NS(=O)(=O)c2ccccc21)c1nc2ccccc2n1Cc1ccccc1. The maximum atomic E-state index is 12.5. The topological polar surface area (TPSA) is 88.1 Å². The molecule has 30 heavy (non-hydrogen) atoms. The Morgan fingerprint density at radius 1 is 0.933 bits per heavy atom. The van der Waals surface area contributed by atoms with Crippen molar-refractivity contribution >= 4 is 26.8 Å². The van der Waals surface area contributed by atoms with Crippen molar-refractivity contribution in [2.24, 2.45) is 4.40 Å². The van der Waals surface area contributed by atoms with Gasteiger partial charge in [-0.05, 0) is 23.8 Å². The molecular formula is C23H16N4O2S. The summed E-state index contributed by atoms with van der Waals surface area (Å²) in [7, 11) is -3.82. The van der Waals surface area contributed by atoms with Crippen LogP contribution in [0.4, 0.5) is 0 Å². The van der Waals surface area contributed by atoms with Crippen LogP contribution in [0.25, 0.3) is 11.0 Å². The zero-order valence-electron chi connectivity index (χ0n) is 15.8. The van der Waals surface area contributed by atoms with Gasteiger partial charge in [0, 0.05) is 12.1 Å². The molecule has 1 aliphatic rings. The van der Waals surface area contributed by atoms with Gasteiger partial charge < -0.3 is 4.57 Å². The van der Waals surface area contributed by atoms with Gasteiger partial charge in [-0.1, -0.05) is 60.7 Å². The summed E-state index contributed by atoms with van der Waals surface area (Å²) in [5, 5.41) is 10.1. The first-order valence-electron chi connectivity index (χ1n) is 9.41. The van der Waals surface area contributed by atoms with Gasteiger partial charge in [0.15, 0.2) is 0 Å². The minimum atomic E-state index is -3.82. The number of aromatic nitrogens is 2. The second-order valence-electron chi connectivity index (χ2n) is 7.04. The lowest BCUT2D eigenvalue weighted by atomic mass is 9.97. The zero-order chi connectivity index (χ0) is 20.7. The van der Waals surface area contributed by atoms with Gasteiger partial charge in [0.2, 0.25) is 0 Å². The van der Waals surface area contributed by atoms with Gasteiger partial charge in [0.05, 0.1) is 27.7 Å². The molecule has 7 heteroatoms. The fourth-order valence-corrected chi connectivity index (χ4v) is 5.09. The number of hydrogen-bond donors (Lipinski definition) is 0. The van der Waals surface area contributed by atoms with Gasteiger partial charge in [-0.15, -0.1) is 0 Å². The van der Waals surface area contributed by atoms with E-state index in [1.807, 2.05) is 59.2 Å². The molecule has 146 valence electrons. The number of hydrogen-bond acceptors (Lipinski definition) is 4. The maximum Gasteiger partial charge on any atom is 0.283 e. The summed E-state index contributed by atoms with van der Waals surface area (Å²) in [6, 6.07) is 26.4. The third-order valence-corrected chi connectivity index (χ3v) is 6.54. The number of nitriles is 1. The van der Waals surface area contributed by atoms with Crippen molar-refractivity contribution in [2.75, 3.05) is 0 Å². The summed E-state index contributed by atoms with van der Waals surface area (Å²) < 4.78 is 31.0. The Morgan fingerprint density at radius 3 is 2.43 bits per heavy atom. The summed E-state index contributed by atoms with van der Waals surface area (Å²) in [5.41, 5.74) is 3.37. The van der Waals surface area contributed by atoms with Crippen molar-refractivity contribution in [1.82, 2.24) is 9.55 Å². The van der Waals surface area contributed by atoms with E-state index in [9.17, 15) is 13.7 Å². The molecule has 0 fully saturated rings. The standard InChI is InChI=1S/C23H16N4O2S/c24-14-18(22-17-10-4-7-13-21(17)30(28,29)26-22)23-25-19-11-5-6-12-20(19)27(23)15-16-8-2-1-3-9-16/h1-13,18H,15H2/t18-/m0/s1. The first-order valence-corrected chi connectivity index (χ1v) is 10.9. The van der Waals surface area contributed by atoms with Gasteiger partial charge in [-0.2, -0.15) is 18.1 Å². The van der Waals surface area contributed by atoms with E-state index in [1.54, 1.807) is 18.2 Å². The number of benzene rings is 3. The van der Waals surface area contributed by atoms with Crippen molar-refractivity contribution in [3.05, 3.63) is 95.8 Å². The Hall–Kier alpha value is -3.76. The molecule has 5 rings (SSSR count). The summed E-state index contributed by atoms with van der Waals surface area (Å²) in [5.74, 6) is -0.437. The molecule has 1 aromatic heterocycles. The summed E-state index contributed by atoms with van der Waals surface area (Å²) >= 11 is 0. The summed E-state index contributed by atoms with van der Waals surface area (Å²) in [4.78, 5) is 4.84. The minimum Gasteiger partial charge on any atom is -0.322 e. The van der Waals surface area contributed by atoms with Gasteiger partial charge in [0.1, 0.15) is 11.7 Å². The van der Waals surface area contributed by atoms with E-state index < -0.39 is 15.9 Å². The van der Waals surface area contributed by atoms with Crippen molar-refractivity contribution < 1.29 is 8.42 Å². The van der Waals surface area contributed by atoms with Crippen LogP contribution in [0.3, 0.4) is 0 Å². The van der Waals surface area contributed by atoms with Crippen molar-refractivity contribution in [3.8, 4) is 6.07 Å². The lowest BCUT2D eigenvalue weighted by Gasteiger charge is -2.14. The second-order valence-corrected chi connectivity index (χ2v) is 8.61. The number of nitrogens with zero attached hydrogens (tertiary/aromatic N) is 4. The third kappa shape index (κ3) is 2.90. The molecule has 3 aromatic carbocycles. The van der Waals surface area contributed by atoms with Crippen molar-refractivity contribution in [3.63, 3.8) is 0 Å². The molecule has 0 spiro atoms. The number of sulfonamides is 1. The van der Waals surface area contributed by atoms with Gasteiger partial charge in [0.25, 0.3) is 10.0 Å². The van der Waals surface area contributed by atoms with E-state index in [0.717, 1.165) is 16.6 Å². The van der Waals surface area contributed by atoms with Crippen LogP contribution >= 0.6 is 0 Å². The van der Waals surface area contributed by atoms with E-state index in [4.69, 9.17) is 4.98 Å². The Balaban J connectivity index is 1.71. The molecule has 6 nitrogen and oxygen atoms in total. The monoisotopic (exact) mass is 412 g/mol. The highest BCUT2D eigenvalue weighted by Crippen LogP contribution is 2.34. The lowest BCUT2D eigenvalue weighted by molar-refractivity contribution is 0.599. The van der Waals surface area contributed by atoms with Crippen LogP contribution < -0.4 is 0 Å². The molecule has 0 amide bonds. The van der Waals surface area contributed by atoms with E-state index in [1.165, 1.54) is 6.07 Å². The van der Waals surface area contributed by atoms with E-state index in [2.05, 4.69) is 10.5 Å². The quantitative estimate of drug-likeness (QED) is 0.509. The summed E-state index contributed by atoms with van der Waals surface area (Å²) in [6.07, 6.45) is 0. The first-order chi connectivity index (χ1) is 14.6. The molecule has 0 radical (unpaired) electrons. The summed E-state index contributed by atoms with van der Waals surface area (Å²) in [6.45, 7) is 0.510. The lowest BCUT2D eigenvalue weighted by Crippen LogP contribution is -2.17. The highest BCUT2D eigenvalue weighted by molar-refractivity contribution is 7.90. The fourth-order valence-electron chi connectivity index (χ4n) is 3.83. The van der Waals surface area contributed by atoms with Gasteiger partial charge in [-0.25, -0.2) is 4.98 Å². The fraction of sp³-hybridized carbons (Fsp3) is 0.0870. The molecule has 0 saturated heterocycles. The van der Waals surface area contributed by atoms with Crippen LogP contribution in [0.1, 0.15) is 22.9 Å². The number of rotatable bonds is 4. The first kappa shape index (κ1) is 18.3. The Labute approximate surface area is 173 Å². The smallest absolute Gasteiger partial charge is 0.283 e. The Kier molecular flexibility index (Phi) is 4.23. The zero-order valence-corrected chi connectivity index (χ0v) is 16.6. The molecule has 1 aliphatic heterocycles. The van der Waals surface area contributed by atoms with Crippen molar-refractivity contribution in [2.45, 2.75) is 17.4 Å². The highest BCUT2D eigenvalue weighted by Gasteiger charge is 2.36. The van der Waals surface area contributed by atoms with Gasteiger partial charge in [-0.3, -0.25) is 0 Å². The minimum absolute atomic E-state index is 0.131. The molecule has 1 atom stereocenters. The molecular weight excluding hydrogens is 396 g/mol. The van der Waals surface area contributed by atoms with E-state index in [-0.39, 0.29) is 10.6 Å². The predicted octanol–water partition coefficient (Wildman–Crippen LogP) is 3.88. The van der Waals surface area contributed by atoms with Crippen LogP contribution in [0.5, 0.6) is 0 Å². The molecule has 2 heterocycles. The number of fused-ring (bicyclic) bond motifs is 2. The molecule has 4 aromatic rings. The Bertz CT molecular complexity index is 1450. The largest absolute Gasteiger partial charge is 0.322 e. The van der Waals surface area contributed by atoms with Crippen LogP contribution in [-0.4, -0.2) is 23.7 Å². The molecule has 0 bridgehead atoms. The average molecular weight is 412 g/mol. The maximum absolute atomic E-state index is 12.5. The van der Waals surface area contributed by atoms with Crippen molar-refractivity contribution in [1.29, 1.82) is 5.26 Å². The second kappa shape index (κ2) is 6.94. The molecule has 0 N–H and O–H groups in total. The molecule has 0 unspecified atom stereocenters. The van der Waals surface area contributed by atoms with Crippen LogP contribution in [0, 0.1) is 11.3 Å². The van der Waals surface area contributed by atoms with E-state index in [0.29, 0.717) is 17.9 Å². The highest BCUT2D eigenvalue weighted by atomic mass is 32.2. The van der Waals surface area contributed by atoms with E-state index >= 15 is 0 Å². The van der Waals surface area contributed by atoms with Crippen LogP contribution in [0.2, 0.25) is 0 Å². The van der Waals surface area contributed by atoms with Crippen LogP contribution in [0.15, 0.2) is 88.2 Å². The Morgan fingerprint density at radius 2 is 1.63 bits per heavy atom. The molecule has 0 saturated carbocycles. The average Bonchev–Trinajstić information content (AvgIpc) is 3.25. The normalized spacial score (nSPS) is 15.4.